The fourth-order valence-corrected chi connectivity index (χ4v) is 2.24. The third-order valence-electron chi connectivity index (χ3n) is 3.76. The van der Waals surface area contributed by atoms with Crippen LogP contribution in [0.1, 0.15) is 16.8 Å². The largest absolute Gasteiger partial charge is 0.437 e. The van der Waals surface area contributed by atoms with Gasteiger partial charge in [0.15, 0.2) is 11.5 Å². The van der Waals surface area contributed by atoms with E-state index in [2.05, 4.69) is 9.97 Å². The van der Waals surface area contributed by atoms with Gasteiger partial charge >= 0.3 is 12.4 Å². The minimum Gasteiger partial charge on any atom is -0.393 e. The van der Waals surface area contributed by atoms with E-state index in [1.807, 2.05) is 0 Å². The smallest absolute Gasteiger partial charge is 0.393 e. The van der Waals surface area contributed by atoms with Crippen LogP contribution in [0.3, 0.4) is 0 Å². The molecule has 11 heteroatoms. The number of aliphatic hydroxyl groups is 2. The summed E-state index contributed by atoms with van der Waals surface area (Å²) < 4.78 is 78.0. The van der Waals surface area contributed by atoms with Gasteiger partial charge in [-0.25, -0.2) is 9.97 Å². The van der Waals surface area contributed by atoms with Crippen molar-refractivity contribution in [1.29, 1.82) is 0 Å². The molecule has 0 spiro atoms. The van der Waals surface area contributed by atoms with E-state index < -0.39 is 41.6 Å². The molecule has 0 radical (unpaired) electrons. The number of aromatic nitrogens is 2. The first kappa shape index (κ1) is 19.9. The minimum atomic E-state index is -5.21. The van der Waals surface area contributed by atoms with Gasteiger partial charge in [0.05, 0.1) is 18.5 Å². The van der Waals surface area contributed by atoms with E-state index in [0.29, 0.717) is 0 Å². The van der Waals surface area contributed by atoms with Gasteiger partial charge in [-0.1, -0.05) is 12.1 Å². The first-order valence-electron chi connectivity index (χ1n) is 7.02. The van der Waals surface area contributed by atoms with Gasteiger partial charge in [-0.15, -0.1) is 0 Å². The first-order chi connectivity index (χ1) is 11.8. The molecule has 0 saturated heterocycles. The molecule has 1 atom stereocenters. The zero-order valence-corrected chi connectivity index (χ0v) is 13.2. The Morgan fingerprint density at radius 2 is 1.73 bits per heavy atom. The summed E-state index contributed by atoms with van der Waals surface area (Å²) in [5.74, 6) is -0.878. The quantitative estimate of drug-likeness (QED) is 0.711. The van der Waals surface area contributed by atoms with Crippen molar-refractivity contribution in [3.8, 4) is 11.3 Å². The molecular formula is C15H13F6N3O2. The molecule has 0 amide bonds. The Hall–Kier alpha value is -2.40. The Labute approximate surface area is 143 Å². The average molecular weight is 381 g/mol. The Morgan fingerprint density at radius 3 is 2.23 bits per heavy atom. The minimum absolute atomic E-state index is 0.128. The number of nitrogens with two attached hydrogens (primary N) is 1. The lowest BCUT2D eigenvalue weighted by molar-refractivity contribution is -0.277. The molecule has 142 valence electrons. The third kappa shape index (κ3) is 3.44. The van der Waals surface area contributed by atoms with Crippen LogP contribution in [0.15, 0.2) is 24.4 Å². The molecule has 4 N–H and O–H groups in total. The molecule has 1 aromatic carbocycles. The Morgan fingerprint density at radius 1 is 1.12 bits per heavy atom. The molecule has 26 heavy (non-hydrogen) atoms. The predicted molar refractivity (Wildman–Crippen MR) is 78.7 cm³/mol. The Balaban J connectivity index is 2.66. The lowest BCUT2D eigenvalue weighted by Crippen LogP contribution is -2.45. The summed E-state index contributed by atoms with van der Waals surface area (Å²) in [4.78, 5) is 6.73. The number of aliphatic hydroxyl groups excluding tert-OH is 1. The van der Waals surface area contributed by atoms with E-state index in [0.717, 1.165) is 24.4 Å². The zero-order valence-electron chi connectivity index (χ0n) is 13.2. The topological polar surface area (TPSA) is 92.3 Å². The maximum Gasteiger partial charge on any atom is 0.437 e. The highest BCUT2D eigenvalue weighted by molar-refractivity contribution is 5.65. The molecule has 0 aliphatic heterocycles. The van der Waals surface area contributed by atoms with Crippen LogP contribution in [-0.2, 0) is 11.8 Å². The van der Waals surface area contributed by atoms with Crippen molar-refractivity contribution in [2.24, 2.45) is 0 Å². The van der Waals surface area contributed by atoms with Gasteiger partial charge in [-0.3, -0.25) is 0 Å². The number of halogens is 6. The van der Waals surface area contributed by atoms with Crippen LogP contribution < -0.4 is 5.73 Å². The van der Waals surface area contributed by atoms with Gasteiger partial charge in [-0.05, 0) is 24.1 Å². The van der Waals surface area contributed by atoms with Crippen LogP contribution in [0.5, 0.6) is 0 Å². The van der Waals surface area contributed by atoms with Crippen molar-refractivity contribution in [2.75, 3.05) is 12.3 Å². The molecule has 0 aliphatic carbocycles. The molecule has 0 fully saturated rings. The van der Waals surface area contributed by atoms with Crippen molar-refractivity contribution < 1.29 is 36.6 Å². The van der Waals surface area contributed by atoms with Crippen LogP contribution in [0.2, 0.25) is 0 Å². The number of alkyl halides is 6. The summed E-state index contributed by atoms with van der Waals surface area (Å²) in [6, 6.07) is 2.87. The molecule has 5 nitrogen and oxygen atoms in total. The maximum atomic E-state index is 13.1. The first-order valence-corrected chi connectivity index (χ1v) is 7.02. The average Bonchev–Trinajstić information content (AvgIpc) is 2.53. The number of hydrogen-bond donors (Lipinski definition) is 3. The zero-order chi connectivity index (χ0) is 19.9. The van der Waals surface area contributed by atoms with E-state index in [1.54, 1.807) is 0 Å². The second-order valence-corrected chi connectivity index (χ2v) is 5.53. The van der Waals surface area contributed by atoms with E-state index in [4.69, 9.17) is 10.8 Å². The highest BCUT2D eigenvalue weighted by atomic mass is 19.4. The Bertz CT molecular complexity index is 822. The lowest BCUT2D eigenvalue weighted by atomic mass is 9.90. The molecule has 1 heterocycles. The molecule has 0 bridgehead atoms. The second-order valence-electron chi connectivity index (χ2n) is 5.53. The van der Waals surface area contributed by atoms with Crippen LogP contribution >= 0.6 is 0 Å². The molecule has 1 aromatic heterocycles. The van der Waals surface area contributed by atoms with Gasteiger partial charge in [0.2, 0.25) is 5.60 Å². The van der Waals surface area contributed by atoms with Crippen LogP contribution in [0.25, 0.3) is 11.3 Å². The summed E-state index contributed by atoms with van der Waals surface area (Å²) in [6.07, 6.45) is -9.24. The van der Waals surface area contributed by atoms with Gasteiger partial charge in [0.1, 0.15) is 0 Å². The van der Waals surface area contributed by atoms with Crippen LogP contribution in [0, 0.1) is 6.92 Å². The number of nitrogens with zero attached hydrogens (tertiary/aromatic N) is 2. The monoisotopic (exact) mass is 381 g/mol. The van der Waals surface area contributed by atoms with Gasteiger partial charge in [0, 0.05) is 5.56 Å². The van der Waals surface area contributed by atoms with E-state index in [9.17, 15) is 31.4 Å². The lowest BCUT2D eigenvalue weighted by Gasteiger charge is -2.29. The van der Waals surface area contributed by atoms with Gasteiger partial charge < -0.3 is 15.9 Å². The molecule has 2 rings (SSSR count). The van der Waals surface area contributed by atoms with E-state index in [-0.39, 0.29) is 16.8 Å². The van der Waals surface area contributed by atoms with Crippen molar-refractivity contribution in [1.82, 2.24) is 9.97 Å². The molecule has 0 saturated carbocycles. The second kappa shape index (κ2) is 6.40. The number of benzene rings is 1. The SMILES string of the molecule is Cc1ccc(C(O)(CO)C(F)(F)F)cc1-c1cnc(N)c(C(F)(F)F)n1. The molecule has 1 unspecified atom stereocenters. The van der Waals surface area contributed by atoms with Crippen molar-refractivity contribution in [3.05, 3.63) is 41.2 Å². The summed E-state index contributed by atoms with van der Waals surface area (Å²) in [7, 11) is 0. The normalized spacial score (nSPS) is 15.0. The summed E-state index contributed by atoms with van der Waals surface area (Å²) in [5, 5.41) is 18.8. The van der Waals surface area contributed by atoms with Crippen molar-refractivity contribution in [3.63, 3.8) is 0 Å². The molecule has 2 aromatic rings. The van der Waals surface area contributed by atoms with Crippen LogP contribution in [-0.4, -0.2) is 33.0 Å². The summed E-state index contributed by atoms with van der Waals surface area (Å²) in [5.41, 5.74) is -0.883. The Kier molecular flexibility index (Phi) is 4.90. The van der Waals surface area contributed by atoms with E-state index >= 15 is 0 Å². The van der Waals surface area contributed by atoms with Crippen molar-refractivity contribution in [2.45, 2.75) is 24.9 Å². The predicted octanol–water partition coefficient (Wildman–Crippen LogP) is 2.80. The number of rotatable bonds is 3. The highest BCUT2D eigenvalue weighted by Gasteiger charge is 2.54. The van der Waals surface area contributed by atoms with Gasteiger partial charge in [0.25, 0.3) is 0 Å². The number of aryl methyl sites for hydroxylation is 1. The summed E-state index contributed by atoms with van der Waals surface area (Å²) in [6.45, 7) is -0.240. The van der Waals surface area contributed by atoms with Crippen molar-refractivity contribution >= 4 is 5.82 Å². The van der Waals surface area contributed by atoms with E-state index in [1.165, 1.54) is 6.92 Å². The van der Waals surface area contributed by atoms with Crippen LogP contribution in [0.4, 0.5) is 32.2 Å². The standard InChI is InChI=1S/C15H13F6N3O2/c1-7-2-3-8(13(26,6-25)15(19,20)21)4-9(7)10-5-23-12(22)11(24-10)14(16,17)18/h2-5,25-26H,6H2,1H3,(H2,22,23). The maximum absolute atomic E-state index is 13.1. The van der Waals surface area contributed by atoms with Gasteiger partial charge in [-0.2, -0.15) is 26.3 Å². The fraction of sp³-hybridized carbons (Fsp3) is 0.333. The third-order valence-corrected chi connectivity index (χ3v) is 3.76. The fourth-order valence-electron chi connectivity index (χ4n) is 2.24. The molecular weight excluding hydrogens is 368 g/mol. The number of nitrogen functional groups attached to an aromatic ring is 1. The number of hydrogen-bond acceptors (Lipinski definition) is 5. The molecule has 0 aliphatic rings. The summed E-state index contributed by atoms with van der Waals surface area (Å²) >= 11 is 0. The number of anilines is 1. The highest BCUT2D eigenvalue weighted by Crippen LogP contribution is 2.40.